The molecule has 0 amide bonds. The van der Waals surface area contributed by atoms with Gasteiger partial charge in [-0.05, 0) is 5.56 Å². The van der Waals surface area contributed by atoms with Crippen molar-refractivity contribution in [2.45, 2.75) is 20.5 Å². The first-order chi connectivity index (χ1) is 7.70. The highest BCUT2D eigenvalue weighted by molar-refractivity contribution is 5.71. The molecule has 0 fully saturated rings. The van der Waals surface area contributed by atoms with Gasteiger partial charge in [-0.15, -0.1) is 0 Å². The summed E-state index contributed by atoms with van der Waals surface area (Å²) in [5.74, 6) is -0.252. The van der Waals surface area contributed by atoms with Crippen LogP contribution in [0.4, 0.5) is 0 Å². The van der Waals surface area contributed by atoms with E-state index in [1.165, 1.54) is 0 Å². The van der Waals surface area contributed by atoms with E-state index in [1.807, 2.05) is 44.2 Å². The van der Waals surface area contributed by atoms with Crippen LogP contribution in [0.25, 0.3) is 0 Å². The predicted molar refractivity (Wildman–Crippen MR) is 61.9 cm³/mol. The minimum absolute atomic E-state index is 0.0749. The van der Waals surface area contributed by atoms with E-state index >= 15 is 0 Å². The molecule has 0 aromatic heterocycles. The lowest BCUT2D eigenvalue weighted by Gasteiger charge is -2.07. The second-order valence-corrected chi connectivity index (χ2v) is 3.86. The summed E-state index contributed by atoms with van der Waals surface area (Å²) >= 11 is 0. The summed E-state index contributed by atoms with van der Waals surface area (Å²) in [6.45, 7) is 4.94. The molecule has 88 valence electrons. The summed E-state index contributed by atoms with van der Waals surface area (Å²) in [6, 6.07) is 9.91. The third kappa shape index (κ3) is 4.94. The number of carbonyl (C=O) groups excluding carboxylic acids is 1. The second-order valence-electron chi connectivity index (χ2n) is 3.86. The van der Waals surface area contributed by atoms with Crippen LogP contribution in [0.2, 0.25) is 0 Å². The van der Waals surface area contributed by atoms with Crippen molar-refractivity contribution >= 4 is 5.97 Å². The van der Waals surface area contributed by atoms with E-state index in [0.717, 1.165) is 5.56 Å². The maximum atomic E-state index is 11.1. The zero-order chi connectivity index (χ0) is 11.8. The molecule has 1 rings (SSSR count). The van der Waals surface area contributed by atoms with Crippen LogP contribution in [0, 0.1) is 5.92 Å². The third-order valence-corrected chi connectivity index (χ3v) is 2.05. The number of hydrogen-bond acceptors (Lipinski definition) is 3. The molecule has 0 aliphatic heterocycles. The molecule has 1 aromatic carbocycles. The molecule has 1 aromatic rings. The smallest absolute Gasteiger partial charge is 0.308 e. The number of esters is 1. The first-order valence-electron chi connectivity index (χ1n) is 5.48. The third-order valence-electron chi connectivity index (χ3n) is 2.05. The molecule has 0 saturated heterocycles. The van der Waals surface area contributed by atoms with Crippen LogP contribution in [0.15, 0.2) is 30.3 Å². The van der Waals surface area contributed by atoms with Crippen molar-refractivity contribution in [2.24, 2.45) is 5.92 Å². The van der Waals surface area contributed by atoms with Crippen LogP contribution >= 0.6 is 0 Å². The molecule has 0 spiro atoms. The fourth-order valence-corrected chi connectivity index (χ4v) is 1.13. The predicted octanol–water partition coefficient (Wildman–Crippen LogP) is 2.40. The Morgan fingerprint density at radius 3 is 2.50 bits per heavy atom. The van der Waals surface area contributed by atoms with E-state index in [2.05, 4.69) is 0 Å². The molecule has 0 radical (unpaired) electrons. The molecule has 0 heterocycles. The molecule has 0 N–H and O–H groups in total. The number of rotatable bonds is 6. The quantitative estimate of drug-likeness (QED) is 0.547. The lowest BCUT2D eigenvalue weighted by atomic mass is 10.2. The highest BCUT2D eigenvalue weighted by atomic mass is 16.6. The van der Waals surface area contributed by atoms with Gasteiger partial charge in [0.25, 0.3) is 0 Å². The Labute approximate surface area is 96.4 Å². The number of hydrogen-bond donors (Lipinski definition) is 0. The SMILES string of the molecule is CC(C)C(=O)OCCOCc1ccccc1. The van der Waals surface area contributed by atoms with Crippen molar-refractivity contribution in [2.75, 3.05) is 13.2 Å². The highest BCUT2D eigenvalue weighted by Crippen LogP contribution is 2.00. The van der Waals surface area contributed by atoms with Crippen LogP contribution in [-0.2, 0) is 20.9 Å². The lowest BCUT2D eigenvalue weighted by Crippen LogP contribution is -2.15. The van der Waals surface area contributed by atoms with Gasteiger partial charge in [-0.1, -0.05) is 44.2 Å². The minimum atomic E-state index is -0.177. The summed E-state index contributed by atoms with van der Waals surface area (Å²) in [4.78, 5) is 11.1. The van der Waals surface area contributed by atoms with Crippen molar-refractivity contribution in [1.82, 2.24) is 0 Å². The molecular formula is C13H18O3. The summed E-state index contributed by atoms with van der Waals surface area (Å²) in [6.07, 6.45) is 0. The van der Waals surface area contributed by atoms with Crippen LogP contribution in [0.3, 0.4) is 0 Å². The largest absolute Gasteiger partial charge is 0.463 e. The van der Waals surface area contributed by atoms with E-state index in [9.17, 15) is 4.79 Å². The Bertz CT molecular complexity index is 306. The van der Waals surface area contributed by atoms with Gasteiger partial charge in [0.05, 0.1) is 19.1 Å². The van der Waals surface area contributed by atoms with Crippen molar-refractivity contribution in [3.05, 3.63) is 35.9 Å². The average molecular weight is 222 g/mol. The van der Waals surface area contributed by atoms with E-state index in [4.69, 9.17) is 9.47 Å². The van der Waals surface area contributed by atoms with Gasteiger partial charge in [-0.25, -0.2) is 0 Å². The molecule has 3 nitrogen and oxygen atoms in total. The lowest BCUT2D eigenvalue weighted by molar-refractivity contribution is -0.149. The van der Waals surface area contributed by atoms with E-state index in [-0.39, 0.29) is 11.9 Å². The van der Waals surface area contributed by atoms with E-state index in [1.54, 1.807) is 0 Å². The Hall–Kier alpha value is -1.35. The van der Waals surface area contributed by atoms with Crippen LogP contribution in [0.5, 0.6) is 0 Å². The fraction of sp³-hybridized carbons (Fsp3) is 0.462. The monoisotopic (exact) mass is 222 g/mol. The summed E-state index contributed by atoms with van der Waals surface area (Å²) in [5.41, 5.74) is 1.12. The Balaban J connectivity index is 2.07. The Morgan fingerprint density at radius 2 is 1.88 bits per heavy atom. The molecule has 0 bridgehead atoms. The number of ether oxygens (including phenoxy) is 2. The Kier molecular flexibility index (Phi) is 5.57. The second kappa shape index (κ2) is 7.01. The number of benzene rings is 1. The maximum Gasteiger partial charge on any atom is 0.308 e. The Morgan fingerprint density at radius 1 is 1.19 bits per heavy atom. The van der Waals surface area contributed by atoms with Gasteiger partial charge in [-0.2, -0.15) is 0 Å². The van der Waals surface area contributed by atoms with Crippen molar-refractivity contribution in [1.29, 1.82) is 0 Å². The van der Waals surface area contributed by atoms with Gasteiger partial charge >= 0.3 is 5.97 Å². The van der Waals surface area contributed by atoms with Crippen molar-refractivity contribution < 1.29 is 14.3 Å². The van der Waals surface area contributed by atoms with Crippen molar-refractivity contribution in [3.63, 3.8) is 0 Å². The van der Waals surface area contributed by atoms with Gasteiger partial charge in [0.1, 0.15) is 6.61 Å². The molecule has 0 aliphatic carbocycles. The molecule has 0 saturated carbocycles. The normalized spacial score (nSPS) is 10.4. The average Bonchev–Trinajstić information content (AvgIpc) is 2.29. The molecular weight excluding hydrogens is 204 g/mol. The first-order valence-corrected chi connectivity index (χ1v) is 5.48. The first kappa shape index (κ1) is 12.7. The topological polar surface area (TPSA) is 35.5 Å². The fourth-order valence-electron chi connectivity index (χ4n) is 1.13. The molecule has 0 atom stereocenters. The van der Waals surface area contributed by atoms with Crippen LogP contribution < -0.4 is 0 Å². The van der Waals surface area contributed by atoms with Gasteiger partial charge in [0.2, 0.25) is 0 Å². The molecule has 0 aliphatic rings. The van der Waals surface area contributed by atoms with Crippen molar-refractivity contribution in [3.8, 4) is 0 Å². The van der Waals surface area contributed by atoms with Crippen LogP contribution in [0.1, 0.15) is 19.4 Å². The standard InChI is InChI=1S/C13H18O3/c1-11(2)13(14)16-9-8-15-10-12-6-4-3-5-7-12/h3-7,11H,8-10H2,1-2H3. The maximum absolute atomic E-state index is 11.1. The van der Waals surface area contributed by atoms with Gasteiger partial charge < -0.3 is 9.47 Å². The summed E-state index contributed by atoms with van der Waals surface area (Å²) < 4.78 is 10.4. The number of carbonyl (C=O) groups is 1. The van der Waals surface area contributed by atoms with Gasteiger partial charge in [-0.3, -0.25) is 4.79 Å². The van der Waals surface area contributed by atoms with Crippen LogP contribution in [-0.4, -0.2) is 19.2 Å². The summed E-state index contributed by atoms with van der Waals surface area (Å²) in [7, 11) is 0. The molecule has 0 unspecified atom stereocenters. The molecule has 3 heteroatoms. The molecule has 16 heavy (non-hydrogen) atoms. The highest BCUT2D eigenvalue weighted by Gasteiger charge is 2.06. The zero-order valence-corrected chi connectivity index (χ0v) is 9.81. The zero-order valence-electron chi connectivity index (χ0n) is 9.81. The minimum Gasteiger partial charge on any atom is -0.463 e. The van der Waals surface area contributed by atoms with Gasteiger partial charge in [0.15, 0.2) is 0 Å². The van der Waals surface area contributed by atoms with E-state index < -0.39 is 0 Å². The van der Waals surface area contributed by atoms with Gasteiger partial charge in [0, 0.05) is 0 Å². The summed E-state index contributed by atoms with van der Waals surface area (Å²) in [5, 5.41) is 0. The van der Waals surface area contributed by atoms with E-state index in [0.29, 0.717) is 19.8 Å².